The van der Waals surface area contributed by atoms with Gasteiger partial charge in [0.05, 0.1) is 12.1 Å². The first-order chi connectivity index (χ1) is 9.74. The first kappa shape index (κ1) is 14.1. The Kier molecular flexibility index (Phi) is 4.76. The van der Waals surface area contributed by atoms with E-state index in [9.17, 15) is 4.79 Å². The van der Waals surface area contributed by atoms with Crippen LogP contribution in [-0.4, -0.2) is 24.2 Å². The van der Waals surface area contributed by atoms with Crippen LogP contribution in [0, 0.1) is 0 Å². The average molecular weight is 273 g/mol. The van der Waals surface area contributed by atoms with Crippen LogP contribution in [0.1, 0.15) is 20.3 Å². The van der Waals surface area contributed by atoms with E-state index in [1.807, 2.05) is 38.1 Å². The topological polar surface area (TPSA) is 63.2 Å². The van der Waals surface area contributed by atoms with Gasteiger partial charge in [-0.1, -0.05) is 19.1 Å². The Morgan fingerprint density at radius 3 is 2.85 bits per heavy atom. The van der Waals surface area contributed by atoms with Gasteiger partial charge in [-0.05, 0) is 25.5 Å². The van der Waals surface area contributed by atoms with Crippen molar-refractivity contribution in [3.63, 3.8) is 0 Å². The van der Waals surface area contributed by atoms with Crippen LogP contribution in [0.15, 0.2) is 30.3 Å². The number of nitrogens with zero attached hydrogens (tertiary/aromatic N) is 1. The normalized spacial score (nSPS) is 10.3. The van der Waals surface area contributed by atoms with Crippen molar-refractivity contribution in [1.82, 2.24) is 10.3 Å². The van der Waals surface area contributed by atoms with Crippen LogP contribution in [0.3, 0.4) is 0 Å². The lowest BCUT2D eigenvalue weighted by Gasteiger charge is -2.11. The van der Waals surface area contributed by atoms with Crippen molar-refractivity contribution in [1.29, 1.82) is 0 Å². The summed E-state index contributed by atoms with van der Waals surface area (Å²) in [6.07, 6.45) is 0.892. The quantitative estimate of drug-likeness (QED) is 0.879. The average Bonchev–Trinajstić information content (AvgIpc) is 2.45. The number of pyridine rings is 1. The summed E-state index contributed by atoms with van der Waals surface area (Å²) in [5.41, 5.74) is 0.796. The molecule has 0 fully saturated rings. The van der Waals surface area contributed by atoms with E-state index in [1.165, 1.54) is 0 Å². The molecule has 2 N–H and O–H groups in total. The molecule has 1 heterocycles. The summed E-state index contributed by atoms with van der Waals surface area (Å²) >= 11 is 0. The van der Waals surface area contributed by atoms with E-state index in [4.69, 9.17) is 4.74 Å². The lowest BCUT2D eigenvalue weighted by atomic mass is 10.2. The van der Waals surface area contributed by atoms with Gasteiger partial charge in [0, 0.05) is 18.0 Å². The Labute approximate surface area is 118 Å². The summed E-state index contributed by atoms with van der Waals surface area (Å²) in [5.74, 6) is 1.21. The van der Waals surface area contributed by atoms with E-state index in [0.717, 1.165) is 23.1 Å². The number of carbonyl (C=O) groups excluding carboxylic acids is 1. The van der Waals surface area contributed by atoms with Crippen molar-refractivity contribution in [3.05, 3.63) is 30.3 Å². The molecule has 5 heteroatoms. The standard InChI is InChI=1S/C15H19N3O2/c1-3-9-16-15(19)18-14-10-13(20-4-2)11-7-5-6-8-12(11)17-14/h5-8,10H,3-4,9H2,1-2H3,(H2,16,17,18,19). The van der Waals surface area contributed by atoms with Gasteiger partial charge in [0.25, 0.3) is 0 Å². The molecule has 0 aliphatic carbocycles. The van der Waals surface area contributed by atoms with Gasteiger partial charge in [0.2, 0.25) is 0 Å². The summed E-state index contributed by atoms with van der Waals surface area (Å²) in [6, 6.07) is 9.19. The van der Waals surface area contributed by atoms with E-state index in [0.29, 0.717) is 19.0 Å². The maximum absolute atomic E-state index is 11.7. The van der Waals surface area contributed by atoms with Crippen LogP contribution in [0.25, 0.3) is 10.9 Å². The summed E-state index contributed by atoms with van der Waals surface area (Å²) < 4.78 is 5.61. The number of aromatic nitrogens is 1. The zero-order valence-corrected chi connectivity index (χ0v) is 11.8. The summed E-state index contributed by atoms with van der Waals surface area (Å²) in [6.45, 7) is 5.13. The molecule has 0 unspecified atom stereocenters. The molecule has 1 aromatic carbocycles. The van der Waals surface area contributed by atoms with Crippen molar-refractivity contribution in [2.75, 3.05) is 18.5 Å². The second kappa shape index (κ2) is 6.75. The van der Waals surface area contributed by atoms with E-state index in [1.54, 1.807) is 6.07 Å². The minimum absolute atomic E-state index is 0.253. The number of nitrogens with one attached hydrogen (secondary N) is 2. The number of anilines is 1. The minimum atomic E-state index is -0.253. The molecule has 0 radical (unpaired) electrons. The molecule has 0 atom stereocenters. The number of fused-ring (bicyclic) bond motifs is 1. The van der Waals surface area contributed by atoms with E-state index >= 15 is 0 Å². The van der Waals surface area contributed by atoms with Crippen molar-refractivity contribution in [2.45, 2.75) is 20.3 Å². The highest BCUT2D eigenvalue weighted by atomic mass is 16.5. The zero-order valence-electron chi connectivity index (χ0n) is 11.8. The fourth-order valence-corrected chi connectivity index (χ4v) is 1.88. The van der Waals surface area contributed by atoms with Gasteiger partial charge in [-0.15, -0.1) is 0 Å². The predicted octanol–water partition coefficient (Wildman–Crippen LogP) is 3.17. The molecule has 2 aromatic rings. The number of urea groups is 1. The van der Waals surface area contributed by atoms with Gasteiger partial charge in [-0.3, -0.25) is 5.32 Å². The number of para-hydroxylation sites is 1. The Hall–Kier alpha value is -2.30. The molecule has 106 valence electrons. The molecule has 0 saturated heterocycles. The van der Waals surface area contributed by atoms with Crippen LogP contribution in [0.5, 0.6) is 5.75 Å². The largest absolute Gasteiger partial charge is 0.493 e. The number of amides is 2. The van der Waals surface area contributed by atoms with Crippen LogP contribution in [0.2, 0.25) is 0 Å². The highest BCUT2D eigenvalue weighted by Crippen LogP contribution is 2.27. The van der Waals surface area contributed by atoms with E-state index < -0.39 is 0 Å². The molecule has 20 heavy (non-hydrogen) atoms. The zero-order chi connectivity index (χ0) is 14.4. The maximum Gasteiger partial charge on any atom is 0.320 e. The Balaban J connectivity index is 2.27. The van der Waals surface area contributed by atoms with Gasteiger partial charge in [-0.25, -0.2) is 9.78 Å². The summed E-state index contributed by atoms with van der Waals surface area (Å²) in [5, 5.41) is 6.41. The first-order valence-corrected chi connectivity index (χ1v) is 6.82. The smallest absolute Gasteiger partial charge is 0.320 e. The molecule has 5 nitrogen and oxygen atoms in total. The summed E-state index contributed by atoms with van der Waals surface area (Å²) in [7, 11) is 0. The highest BCUT2D eigenvalue weighted by Gasteiger charge is 2.08. The monoisotopic (exact) mass is 273 g/mol. The molecular formula is C15H19N3O2. The molecule has 1 aromatic heterocycles. The van der Waals surface area contributed by atoms with Crippen molar-refractivity contribution >= 4 is 22.8 Å². The van der Waals surface area contributed by atoms with E-state index in [-0.39, 0.29) is 6.03 Å². The molecule has 0 spiro atoms. The van der Waals surface area contributed by atoms with E-state index in [2.05, 4.69) is 15.6 Å². The second-order valence-corrected chi connectivity index (χ2v) is 4.34. The molecule has 0 aliphatic heterocycles. The van der Waals surface area contributed by atoms with Crippen molar-refractivity contribution < 1.29 is 9.53 Å². The second-order valence-electron chi connectivity index (χ2n) is 4.34. The van der Waals surface area contributed by atoms with Gasteiger partial charge >= 0.3 is 6.03 Å². The molecule has 0 aliphatic rings. The fraction of sp³-hybridized carbons (Fsp3) is 0.333. The molecule has 2 rings (SSSR count). The number of hydrogen-bond donors (Lipinski definition) is 2. The van der Waals surface area contributed by atoms with Gasteiger partial charge in [0.1, 0.15) is 11.6 Å². The maximum atomic E-state index is 11.7. The first-order valence-electron chi connectivity index (χ1n) is 6.82. The van der Waals surface area contributed by atoms with Crippen LogP contribution < -0.4 is 15.4 Å². The van der Waals surface area contributed by atoms with Gasteiger partial charge in [-0.2, -0.15) is 0 Å². The third-order valence-corrected chi connectivity index (χ3v) is 2.76. The number of benzene rings is 1. The van der Waals surface area contributed by atoms with Crippen LogP contribution in [-0.2, 0) is 0 Å². The molecule has 2 amide bonds. The highest BCUT2D eigenvalue weighted by molar-refractivity contribution is 5.92. The lowest BCUT2D eigenvalue weighted by molar-refractivity contribution is 0.252. The number of ether oxygens (including phenoxy) is 1. The third kappa shape index (κ3) is 3.38. The van der Waals surface area contributed by atoms with Gasteiger partial charge < -0.3 is 10.1 Å². The lowest BCUT2D eigenvalue weighted by Crippen LogP contribution is -2.29. The SMILES string of the molecule is CCCNC(=O)Nc1cc(OCC)c2ccccc2n1. The minimum Gasteiger partial charge on any atom is -0.493 e. The predicted molar refractivity (Wildman–Crippen MR) is 80.2 cm³/mol. The van der Waals surface area contributed by atoms with Crippen molar-refractivity contribution in [2.24, 2.45) is 0 Å². The Morgan fingerprint density at radius 1 is 1.30 bits per heavy atom. The van der Waals surface area contributed by atoms with Crippen molar-refractivity contribution in [3.8, 4) is 5.75 Å². The Morgan fingerprint density at radius 2 is 2.10 bits per heavy atom. The van der Waals surface area contributed by atoms with Crippen LogP contribution >= 0.6 is 0 Å². The number of rotatable bonds is 5. The summed E-state index contributed by atoms with van der Waals surface area (Å²) in [4.78, 5) is 16.1. The third-order valence-electron chi connectivity index (χ3n) is 2.76. The molecular weight excluding hydrogens is 254 g/mol. The molecule has 0 saturated carbocycles. The van der Waals surface area contributed by atoms with Crippen LogP contribution in [0.4, 0.5) is 10.6 Å². The van der Waals surface area contributed by atoms with Gasteiger partial charge in [0.15, 0.2) is 0 Å². The number of carbonyl (C=O) groups is 1. The fourth-order valence-electron chi connectivity index (χ4n) is 1.88. The number of hydrogen-bond acceptors (Lipinski definition) is 3. The Bertz CT molecular complexity index is 599. The molecule has 0 bridgehead atoms.